The van der Waals surface area contributed by atoms with Crippen molar-refractivity contribution >= 4 is 38.6 Å². The predicted octanol–water partition coefficient (Wildman–Crippen LogP) is 5.15. The summed E-state index contributed by atoms with van der Waals surface area (Å²) < 4.78 is 0. The van der Waals surface area contributed by atoms with Gasteiger partial charge in [0.05, 0.1) is 11.4 Å². The number of thiophene rings is 2. The van der Waals surface area contributed by atoms with Crippen molar-refractivity contribution in [2.75, 3.05) is 5.73 Å². The van der Waals surface area contributed by atoms with Crippen LogP contribution in [-0.2, 0) is 0 Å². The van der Waals surface area contributed by atoms with Crippen LogP contribution in [0.1, 0.15) is 4.88 Å². The molecule has 2 N–H and O–H groups in total. The molecule has 0 unspecified atom stereocenters. The minimum Gasteiger partial charge on any atom is -0.396 e. The first-order chi connectivity index (χ1) is 11.3. The maximum absolute atomic E-state index is 9.28. The molecule has 0 aliphatic carbocycles. The molecule has 4 rings (SSSR count). The summed E-state index contributed by atoms with van der Waals surface area (Å²) in [7, 11) is 0. The van der Waals surface area contributed by atoms with E-state index in [1.165, 1.54) is 11.3 Å². The molecule has 0 saturated heterocycles. The smallest absolute Gasteiger partial charge is 0.130 e. The molecule has 5 heteroatoms. The molecule has 23 heavy (non-hydrogen) atoms. The van der Waals surface area contributed by atoms with Gasteiger partial charge in [0.15, 0.2) is 0 Å². The quantitative estimate of drug-likeness (QED) is 0.552. The third-order valence-electron chi connectivity index (χ3n) is 3.66. The zero-order valence-electron chi connectivity index (χ0n) is 12.0. The van der Waals surface area contributed by atoms with Gasteiger partial charge in [-0.1, -0.05) is 36.4 Å². The molecule has 4 aromatic rings. The normalized spacial score (nSPS) is 10.7. The van der Waals surface area contributed by atoms with Gasteiger partial charge < -0.3 is 5.73 Å². The number of hydrogen-bond donors (Lipinski definition) is 1. The number of hydrogen-bond acceptors (Lipinski definition) is 5. The number of nitrogen functional groups attached to an aromatic ring is 1. The second-order valence-corrected chi connectivity index (χ2v) is 6.98. The molecule has 0 aliphatic heterocycles. The van der Waals surface area contributed by atoms with Crippen LogP contribution < -0.4 is 5.73 Å². The Morgan fingerprint density at radius 1 is 1.09 bits per heavy atom. The maximum Gasteiger partial charge on any atom is 0.130 e. The Balaban J connectivity index is 2.08. The average Bonchev–Trinajstić information content (AvgIpc) is 3.23. The first-order valence-electron chi connectivity index (χ1n) is 7.00. The topological polar surface area (TPSA) is 62.7 Å². The molecule has 0 bridgehead atoms. The summed E-state index contributed by atoms with van der Waals surface area (Å²) in [5.74, 6) is 0. The highest BCUT2D eigenvalue weighted by Gasteiger charge is 2.17. The van der Waals surface area contributed by atoms with Crippen LogP contribution in [0, 0.1) is 11.3 Å². The number of aromatic nitrogens is 1. The molecular weight excluding hydrogens is 322 g/mol. The van der Waals surface area contributed by atoms with E-state index < -0.39 is 0 Å². The highest BCUT2D eigenvalue weighted by Crippen LogP contribution is 2.42. The van der Waals surface area contributed by atoms with Gasteiger partial charge in [-0.05, 0) is 17.5 Å². The number of nitrogens with zero attached hydrogens (tertiary/aromatic N) is 2. The van der Waals surface area contributed by atoms with Crippen molar-refractivity contribution in [1.82, 2.24) is 4.98 Å². The zero-order chi connectivity index (χ0) is 15.8. The Morgan fingerprint density at radius 2 is 1.91 bits per heavy atom. The molecule has 0 saturated carbocycles. The number of rotatable bonds is 2. The minimum atomic E-state index is 0.524. The number of nitriles is 1. The van der Waals surface area contributed by atoms with Crippen LogP contribution in [0.2, 0.25) is 0 Å². The molecule has 0 amide bonds. The Kier molecular flexibility index (Phi) is 3.34. The van der Waals surface area contributed by atoms with E-state index in [-0.39, 0.29) is 0 Å². The van der Waals surface area contributed by atoms with Crippen molar-refractivity contribution in [3.05, 3.63) is 58.8 Å². The van der Waals surface area contributed by atoms with Gasteiger partial charge >= 0.3 is 0 Å². The van der Waals surface area contributed by atoms with Gasteiger partial charge in [-0.25, -0.2) is 4.98 Å². The lowest BCUT2D eigenvalue weighted by atomic mass is 10.0. The first kappa shape index (κ1) is 13.9. The van der Waals surface area contributed by atoms with Crippen molar-refractivity contribution in [2.45, 2.75) is 0 Å². The summed E-state index contributed by atoms with van der Waals surface area (Å²) in [4.78, 5) is 7.20. The van der Waals surface area contributed by atoms with Gasteiger partial charge in [0.2, 0.25) is 0 Å². The van der Waals surface area contributed by atoms with Crippen molar-refractivity contribution in [3.63, 3.8) is 0 Å². The lowest BCUT2D eigenvalue weighted by Gasteiger charge is -2.07. The molecule has 3 heterocycles. The van der Waals surface area contributed by atoms with Gasteiger partial charge in [0.25, 0.3) is 0 Å². The van der Waals surface area contributed by atoms with E-state index in [0.717, 1.165) is 31.9 Å². The third-order valence-corrected chi connectivity index (χ3v) is 5.56. The Hall–Kier alpha value is -2.68. The second kappa shape index (κ2) is 5.51. The Bertz CT molecular complexity index is 1030. The fraction of sp³-hybridized carbons (Fsp3) is 0. The Morgan fingerprint density at radius 3 is 2.61 bits per heavy atom. The van der Waals surface area contributed by atoms with Crippen LogP contribution >= 0.6 is 22.7 Å². The van der Waals surface area contributed by atoms with Crippen molar-refractivity contribution < 1.29 is 0 Å². The minimum absolute atomic E-state index is 0.524. The van der Waals surface area contributed by atoms with E-state index in [1.54, 1.807) is 11.3 Å². The van der Waals surface area contributed by atoms with Crippen LogP contribution in [0.15, 0.2) is 53.9 Å². The zero-order valence-corrected chi connectivity index (χ0v) is 13.6. The molecular formula is C18H11N3S2. The third kappa shape index (κ3) is 2.29. The summed E-state index contributed by atoms with van der Waals surface area (Å²) in [5, 5.41) is 12.2. The maximum atomic E-state index is 9.28. The van der Waals surface area contributed by atoms with E-state index in [4.69, 9.17) is 10.7 Å². The summed E-state index contributed by atoms with van der Waals surface area (Å²) in [6.45, 7) is 0. The number of pyridine rings is 1. The average molecular weight is 333 g/mol. The van der Waals surface area contributed by atoms with Crippen LogP contribution in [-0.4, -0.2) is 4.98 Å². The van der Waals surface area contributed by atoms with Gasteiger partial charge in [-0.2, -0.15) is 5.26 Å². The van der Waals surface area contributed by atoms with E-state index in [2.05, 4.69) is 18.2 Å². The lowest BCUT2D eigenvalue weighted by Crippen LogP contribution is -1.90. The van der Waals surface area contributed by atoms with Gasteiger partial charge in [0, 0.05) is 21.4 Å². The predicted molar refractivity (Wildman–Crippen MR) is 97.5 cm³/mol. The first-order valence-corrected chi connectivity index (χ1v) is 8.70. The highest BCUT2D eigenvalue weighted by molar-refractivity contribution is 7.20. The molecule has 0 fully saturated rings. The fourth-order valence-electron chi connectivity index (χ4n) is 2.59. The number of anilines is 1. The molecule has 0 atom stereocenters. The molecule has 110 valence electrons. The fourth-order valence-corrected chi connectivity index (χ4v) is 4.25. The highest BCUT2D eigenvalue weighted by atomic mass is 32.1. The van der Waals surface area contributed by atoms with E-state index >= 15 is 0 Å². The van der Waals surface area contributed by atoms with E-state index in [0.29, 0.717) is 10.6 Å². The van der Waals surface area contributed by atoms with E-state index in [9.17, 15) is 5.26 Å². The van der Waals surface area contributed by atoms with Gasteiger partial charge in [-0.3, -0.25) is 0 Å². The van der Waals surface area contributed by atoms with Crippen LogP contribution in [0.25, 0.3) is 31.9 Å². The van der Waals surface area contributed by atoms with E-state index in [1.807, 2.05) is 41.8 Å². The molecule has 3 nitrogen and oxygen atoms in total. The van der Waals surface area contributed by atoms with Crippen LogP contribution in [0.5, 0.6) is 0 Å². The standard InChI is InChI=1S/C18H11N3S2/c19-10-15-17(20)16-12(14-7-4-8-22-14)9-13(21-18(16)23-15)11-5-2-1-3-6-11/h1-9H,20H2. The van der Waals surface area contributed by atoms with Crippen molar-refractivity contribution in [1.29, 1.82) is 5.26 Å². The SMILES string of the molecule is N#Cc1sc2nc(-c3ccccc3)cc(-c3cccs3)c2c1N. The van der Waals surface area contributed by atoms with Gasteiger partial charge in [-0.15, -0.1) is 22.7 Å². The van der Waals surface area contributed by atoms with Crippen molar-refractivity contribution in [2.24, 2.45) is 0 Å². The summed E-state index contributed by atoms with van der Waals surface area (Å²) in [6, 6.07) is 18.4. The number of benzene rings is 1. The lowest BCUT2D eigenvalue weighted by molar-refractivity contribution is 1.43. The summed E-state index contributed by atoms with van der Waals surface area (Å²) in [5.41, 5.74) is 9.72. The van der Waals surface area contributed by atoms with Crippen LogP contribution in [0.4, 0.5) is 5.69 Å². The monoisotopic (exact) mass is 333 g/mol. The van der Waals surface area contributed by atoms with Gasteiger partial charge in [0.1, 0.15) is 15.8 Å². The largest absolute Gasteiger partial charge is 0.396 e. The van der Waals surface area contributed by atoms with Crippen LogP contribution in [0.3, 0.4) is 0 Å². The molecule has 3 aromatic heterocycles. The second-order valence-electron chi connectivity index (χ2n) is 5.04. The molecule has 0 aliphatic rings. The molecule has 1 aromatic carbocycles. The number of fused-ring (bicyclic) bond motifs is 1. The summed E-state index contributed by atoms with van der Waals surface area (Å²) >= 11 is 3.01. The molecule has 0 spiro atoms. The number of nitrogens with two attached hydrogens (primary N) is 1. The van der Waals surface area contributed by atoms with Crippen molar-refractivity contribution in [3.8, 4) is 27.8 Å². The summed E-state index contributed by atoms with van der Waals surface area (Å²) in [6.07, 6.45) is 0. The molecule has 0 radical (unpaired) electrons. The Labute approximate surface area is 141 Å².